The van der Waals surface area contributed by atoms with Gasteiger partial charge in [-0.15, -0.1) is 11.3 Å². The van der Waals surface area contributed by atoms with Crippen LogP contribution in [0.4, 0.5) is 11.4 Å². The molecule has 2 aliphatic rings. The Kier molecular flexibility index (Phi) is 9.60. The molecule has 14 rings (SSSR count). The van der Waals surface area contributed by atoms with E-state index in [-0.39, 0.29) is 12.0 Å². The molecular weight excluding hydrogens is 863 g/mol. The lowest BCUT2D eigenvalue weighted by molar-refractivity contribution is 0.745. The van der Waals surface area contributed by atoms with Crippen molar-refractivity contribution in [3.05, 3.63) is 266 Å². The minimum atomic E-state index is 0.143. The Labute approximate surface area is 412 Å². The highest BCUT2D eigenvalue weighted by Crippen LogP contribution is 2.53. The molecule has 0 fully saturated rings. The third-order valence-electron chi connectivity index (χ3n) is 14.7. The van der Waals surface area contributed by atoms with Gasteiger partial charge in [-0.3, -0.25) is 0 Å². The summed E-state index contributed by atoms with van der Waals surface area (Å²) in [5, 5.41) is 7.63. The Morgan fingerprint density at radius 3 is 1.36 bits per heavy atom. The Morgan fingerprint density at radius 2 is 0.786 bits per heavy atom. The van der Waals surface area contributed by atoms with E-state index in [2.05, 4.69) is 266 Å². The molecule has 12 aromatic rings. The van der Waals surface area contributed by atoms with Crippen LogP contribution in [0, 0.1) is 0 Å². The number of hydrogen-bond acceptors (Lipinski definition) is 2. The van der Waals surface area contributed by atoms with Gasteiger partial charge in [0.15, 0.2) is 0 Å². The van der Waals surface area contributed by atoms with Crippen molar-refractivity contribution in [3.63, 3.8) is 0 Å². The first-order chi connectivity index (χ1) is 34.7. The fourth-order valence-corrected chi connectivity index (χ4v) is 12.9. The average Bonchev–Trinajstić information content (AvgIpc) is 3.98. The number of thiophene rings is 1. The summed E-state index contributed by atoms with van der Waals surface area (Å²) in [7, 11) is 0. The molecule has 0 amide bonds. The molecule has 1 aromatic heterocycles. The standard InChI is InChI=1S/C68H45NS/c1-5-20-44(21-6-1)50-39-59(46-24-9-3-10-25-46)67-61(41-50)62-42-51(45-22-7-2-8-23-45)40-60(68(62)70-67)48-36-37-54-53-30-17-18-35-63(53)69(64(54)43-48)52-29-19-28-49(38-52)66-57-33-15-13-31-55(57)65(47-26-11-4-12-27-47)56-32-14-16-34-58(56)66/h1-43,53,63H. The van der Waals surface area contributed by atoms with E-state index in [4.69, 9.17) is 0 Å². The van der Waals surface area contributed by atoms with Gasteiger partial charge in [-0.1, -0.05) is 218 Å². The molecule has 0 N–H and O–H groups in total. The summed E-state index contributed by atoms with van der Waals surface area (Å²) in [6, 6.07) is 87.9. The minimum absolute atomic E-state index is 0.143. The van der Waals surface area contributed by atoms with Crippen LogP contribution in [0.3, 0.4) is 0 Å². The van der Waals surface area contributed by atoms with Gasteiger partial charge in [0.1, 0.15) is 0 Å². The van der Waals surface area contributed by atoms with Gasteiger partial charge in [-0.25, -0.2) is 0 Å². The maximum absolute atomic E-state index is 2.61. The lowest BCUT2D eigenvalue weighted by atomic mass is 9.86. The first kappa shape index (κ1) is 40.5. The largest absolute Gasteiger partial charge is 0.333 e. The van der Waals surface area contributed by atoms with E-state index in [1.165, 1.54) is 125 Å². The molecule has 1 aliphatic heterocycles. The van der Waals surface area contributed by atoms with Crippen LogP contribution in [0.1, 0.15) is 11.5 Å². The number of allylic oxidation sites excluding steroid dienone is 2. The second-order valence-electron chi connectivity index (χ2n) is 18.7. The fourth-order valence-electron chi connectivity index (χ4n) is 11.6. The second kappa shape index (κ2) is 16.6. The summed E-state index contributed by atoms with van der Waals surface area (Å²) in [4.78, 5) is 2.61. The van der Waals surface area contributed by atoms with Crippen molar-refractivity contribution in [3.8, 4) is 66.8 Å². The number of anilines is 2. The molecule has 1 nitrogen and oxygen atoms in total. The van der Waals surface area contributed by atoms with Crippen molar-refractivity contribution in [1.29, 1.82) is 0 Å². The van der Waals surface area contributed by atoms with Crippen molar-refractivity contribution in [2.45, 2.75) is 12.0 Å². The minimum Gasteiger partial charge on any atom is -0.333 e. The molecule has 70 heavy (non-hydrogen) atoms. The van der Waals surface area contributed by atoms with Crippen molar-refractivity contribution >= 4 is 64.4 Å². The van der Waals surface area contributed by atoms with Crippen LogP contribution in [-0.4, -0.2) is 6.04 Å². The molecule has 2 heteroatoms. The summed E-state index contributed by atoms with van der Waals surface area (Å²) in [5.74, 6) is 0.231. The van der Waals surface area contributed by atoms with E-state index >= 15 is 0 Å². The highest BCUT2D eigenvalue weighted by molar-refractivity contribution is 7.27. The monoisotopic (exact) mass is 907 g/mol. The number of nitrogens with zero attached hydrogens (tertiary/aromatic N) is 1. The Balaban J connectivity index is 0.976. The Bertz CT molecular complexity index is 4000. The number of rotatable bonds is 7. The summed E-state index contributed by atoms with van der Waals surface area (Å²) in [5.41, 5.74) is 18.7. The van der Waals surface area contributed by atoms with Crippen molar-refractivity contribution in [1.82, 2.24) is 0 Å². The van der Waals surface area contributed by atoms with E-state index in [1.54, 1.807) is 0 Å². The van der Waals surface area contributed by atoms with E-state index in [1.807, 2.05) is 11.3 Å². The van der Waals surface area contributed by atoms with Crippen LogP contribution in [0.5, 0.6) is 0 Å². The smallest absolute Gasteiger partial charge is 0.0629 e. The van der Waals surface area contributed by atoms with Gasteiger partial charge >= 0.3 is 0 Å². The van der Waals surface area contributed by atoms with Crippen LogP contribution in [-0.2, 0) is 0 Å². The molecule has 2 atom stereocenters. The topological polar surface area (TPSA) is 3.24 Å². The SMILES string of the molecule is C1=CC2c3ccc(-c4cc(-c5ccccc5)cc5c4sc4c(-c6ccccc6)cc(-c6ccccc6)cc45)cc3N(c3cccc(-c4c5ccccc5c(-c5ccccc5)c5ccccc45)c3)C2C=C1. The number of benzene rings is 11. The second-order valence-corrected chi connectivity index (χ2v) is 19.7. The number of fused-ring (bicyclic) bond motifs is 8. The van der Waals surface area contributed by atoms with Crippen LogP contribution in [0.25, 0.3) is 108 Å². The average molecular weight is 908 g/mol. The highest BCUT2D eigenvalue weighted by atomic mass is 32.1. The Hall–Kier alpha value is -8.56. The summed E-state index contributed by atoms with van der Waals surface area (Å²) < 4.78 is 2.61. The zero-order chi connectivity index (χ0) is 46.1. The molecule has 1 aliphatic carbocycles. The van der Waals surface area contributed by atoms with E-state index in [0.717, 1.165) is 0 Å². The van der Waals surface area contributed by atoms with Crippen molar-refractivity contribution < 1.29 is 0 Å². The molecular formula is C68H45NS. The van der Waals surface area contributed by atoms with Gasteiger partial charge in [0, 0.05) is 48.6 Å². The first-order valence-electron chi connectivity index (χ1n) is 24.3. The van der Waals surface area contributed by atoms with Gasteiger partial charge in [0.05, 0.1) is 6.04 Å². The predicted octanol–water partition coefficient (Wildman–Crippen LogP) is 19.1. The van der Waals surface area contributed by atoms with E-state index in [9.17, 15) is 0 Å². The molecule has 0 saturated heterocycles. The van der Waals surface area contributed by atoms with Crippen LogP contribution >= 0.6 is 11.3 Å². The third-order valence-corrected chi connectivity index (χ3v) is 16.0. The maximum Gasteiger partial charge on any atom is 0.0629 e. The van der Waals surface area contributed by atoms with E-state index in [0.29, 0.717) is 0 Å². The first-order valence-corrected chi connectivity index (χ1v) is 25.1. The van der Waals surface area contributed by atoms with Crippen LogP contribution in [0.15, 0.2) is 261 Å². The zero-order valence-electron chi connectivity index (χ0n) is 38.3. The Morgan fingerprint density at radius 1 is 0.314 bits per heavy atom. The molecule has 0 saturated carbocycles. The molecule has 0 spiro atoms. The molecule has 2 heterocycles. The van der Waals surface area contributed by atoms with Crippen LogP contribution in [0.2, 0.25) is 0 Å². The van der Waals surface area contributed by atoms with Crippen molar-refractivity contribution in [2.24, 2.45) is 0 Å². The van der Waals surface area contributed by atoms with Crippen molar-refractivity contribution in [2.75, 3.05) is 4.90 Å². The van der Waals surface area contributed by atoms with E-state index < -0.39 is 0 Å². The van der Waals surface area contributed by atoms with Gasteiger partial charge in [0.25, 0.3) is 0 Å². The molecule has 11 aromatic carbocycles. The predicted molar refractivity (Wildman–Crippen MR) is 300 cm³/mol. The molecule has 2 unspecified atom stereocenters. The molecule has 0 radical (unpaired) electrons. The fraction of sp³-hybridized carbons (Fsp3) is 0.0294. The zero-order valence-corrected chi connectivity index (χ0v) is 39.2. The van der Waals surface area contributed by atoms with Gasteiger partial charge in [-0.2, -0.15) is 0 Å². The quantitative estimate of drug-likeness (QED) is 0.144. The highest BCUT2D eigenvalue weighted by Gasteiger charge is 2.38. The number of hydrogen-bond donors (Lipinski definition) is 0. The summed E-state index contributed by atoms with van der Waals surface area (Å²) in [6.45, 7) is 0. The molecule has 328 valence electrons. The molecule has 0 bridgehead atoms. The summed E-state index contributed by atoms with van der Waals surface area (Å²) >= 11 is 1.93. The van der Waals surface area contributed by atoms with Crippen LogP contribution < -0.4 is 4.90 Å². The lowest BCUT2D eigenvalue weighted by Crippen LogP contribution is -2.28. The van der Waals surface area contributed by atoms with Gasteiger partial charge < -0.3 is 4.90 Å². The lowest BCUT2D eigenvalue weighted by Gasteiger charge is -2.29. The maximum atomic E-state index is 2.61. The normalized spacial score (nSPS) is 15.0. The van der Waals surface area contributed by atoms with Gasteiger partial charge in [-0.05, 0) is 125 Å². The summed E-state index contributed by atoms with van der Waals surface area (Å²) in [6.07, 6.45) is 9.24. The van der Waals surface area contributed by atoms with Gasteiger partial charge in [0.2, 0.25) is 0 Å². The third kappa shape index (κ3) is 6.60.